The molecule has 2 nitrogen and oxygen atoms in total. The Morgan fingerprint density at radius 1 is 1.15 bits per heavy atom. The van der Waals surface area contributed by atoms with Crippen molar-refractivity contribution in [2.24, 2.45) is 0 Å². The van der Waals surface area contributed by atoms with Gasteiger partial charge in [0.25, 0.3) is 0 Å². The highest BCUT2D eigenvalue weighted by Crippen LogP contribution is 2.30. The summed E-state index contributed by atoms with van der Waals surface area (Å²) in [6, 6.07) is 8.55. The van der Waals surface area contributed by atoms with E-state index < -0.39 is 0 Å². The monoisotopic (exact) mass is 193 g/mol. The van der Waals surface area contributed by atoms with Gasteiger partial charge in [-0.15, -0.1) is 0 Å². The average Bonchev–Trinajstić information content (AvgIpc) is 2.12. The van der Waals surface area contributed by atoms with Gasteiger partial charge in [-0.3, -0.25) is 0 Å². The fourth-order valence-corrected chi connectivity index (χ4v) is 1.53. The molecule has 0 saturated heterocycles. The molecule has 0 aliphatic carbocycles. The topological polar surface area (TPSA) is 46.2 Å². The minimum Gasteiger partial charge on any atom is -0.508 e. The fourth-order valence-electron chi connectivity index (χ4n) is 1.30. The molecular formula is C10H8ClNO. The van der Waals surface area contributed by atoms with Crippen LogP contribution in [0.1, 0.15) is 0 Å². The number of fused-ring (bicyclic) bond motifs is 1. The molecule has 0 aliphatic heterocycles. The number of phenolic OH excluding ortho intramolecular Hbond substituents is 1. The number of aromatic hydroxyl groups is 1. The van der Waals surface area contributed by atoms with E-state index in [2.05, 4.69) is 0 Å². The van der Waals surface area contributed by atoms with Gasteiger partial charge in [0.1, 0.15) is 5.75 Å². The summed E-state index contributed by atoms with van der Waals surface area (Å²) in [4.78, 5) is 0. The maximum Gasteiger partial charge on any atom is 0.116 e. The van der Waals surface area contributed by atoms with Crippen LogP contribution >= 0.6 is 11.6 Å². The predicted molar refractivity (Wildman–Crippen MR) is 55.0 cm³/mol. The molecular weight excluding hydrogens is 186 g/mol. The van der Waals surface area contributed by atoms with Gasteiger partial charge in [-0.25, -0.2) is 0 Å². The molecule has 66 valence electrons. The molecule has 0 spiro atoms. The first-order valence-electron chi connectivity index (χ1n) is 3.85. The summed E-state index contributed by atoms with van der Waals surface area (Å²) in [6.07, 6.45) is 0. The maximum atomic E-state index is 9.22. The van der Waals surface area contributed by atoms with Gasteiger partial charge in [-0.1, -0.05) is 17.7 Å². The van der Waals surface area contributed by atoms with Gasteiger partial charge < -0.3 is 10.8 Å². The van der Waals surface area contributed by atoms with Gasteiger partial charge in [-0.05, 0) is 29.7 Å². The number of halogens is 1. The van der Waals surface area contributed by atoms with Crippen LogP contribution in [0.3, 0.4) is 0 Å². The van der Waals surface area contributed by atoms with E-state index in [1.54, 1.807) is 24.3 Å². The minimum atomic E-state index is 0.230. The molecule has 0 saturated carbocycles. The SMILES string of the molecule is Nc1ccc2cc(O)ccc2c1Cl. The van der Waals surface area contributed by atoms with Crippen LogP contribution in [0, 0.1) is 0 Å². The van der Waals surface area contributed by atoms with Crippen molar-refractivity contribution in [2.45, 2.75) is 0 Å². The van der Waals surface area contributed by atoms with E-state index in [9.17, 15) is 5.11 Å². The number of nitrogen functional groups attached to an aromatic ring is 1. The number of nitrogens with two attached hydrogens (primary N) is 1. The predicted octanol–water partition coefficient (Wildman–Crippen LogP) is 2.78. The largest absolute Gasteiger partial charge is 0.508 e. The average molecular weight is 194 g/mol. The Labute approximate surface area is 80.6 Å². The smallest absolute Gasteiger partial charge is 0.116 e. The lowest BCUT2D eigenvalue weighted by Crippen LogP contribution is -1.86. The van der Waals surface area contributed by atoms with E-state index in [4.69, 9.17) is 17.3 Å². The molecule has 13 heavy (non-hydrogen) atoms. The molecule has 0 atom stereocenters. The summed E-state index contributed by atoms with van der Waals surface area (Å²) in [5.74, 6) is 0.230. The Balaban J connectivity index is 2.87. The van der Waals surface area contributed by atoms with Crippen LogP contribution in [0.15, 0.2) is 30.3 Å². The number of phenols is 1. The van der Waals surface area contributed by atoms with E-state index in [-0.39, 0.29) is 5.75 Å². The zero-order valence-electron chi connectivity index (χ0n) is 6.79. The van der Waals surface area contributed by atoms with Crippen LogP contribution < -0.4 is 5.73 Å². The van der Waals surface area contributed by atoms with Crippen molar-refractivity contribution in [3.63, 3.8) is 0 Å². The number of rotatable bonds is 0. The summed E-state index contributed by atoms with van der Waals surface area (Å²) in [5, 5.41) is 11.5. The van der Waals surface area contributed by atoms with E-state index in [0.29, 0.717) is 10.7 Å². The van der Waals surface area contributed by atoms with Crippen LogP contribution in [-0.2, 0) is 0 Å². The molecule has 3 N–H and O–H groups in total. The van der Waals surface area contributed by atoms with E-state index in [1.165, 1.54) is 0 Å². The second-order valence-electron chi connectivity index (χ2n) is 2.87. The molecule has 0 bridgehead atoms. The van der Waals surface area contributed by atoms with Crippen LogP contribution in [0.2, 0.25) is 5.02 Å². The van der Waals surface area contributed by atoms with Crippen LogP contribution in [-0.4, -0.2) is 5.11 Å². The van der Waals surface area contributed by atoms with E-state index in [1.807, 2.05) is 6.07 Å². The van der Waals surface area contributed by atoms with Crippen LogP contribution in [0.4, 0.5) is 5.69 Å². The van der Waals surface area contributed by atoms with E-state index in [0.717, 1.165) is 10.8 Å². The first-order valence-corrected chi connectivity index (χ1v) is 4.23. The van der Waals surface area contributed by atoms with Crippen molar-refractivity contribution >= 4 is 28.1 Å². The highest BCUT2D eigenvalue weighted by atomic mass is 35.5. The number of hydrogen-bond acceptors (Lipinski definition) is 2. The highest BCUT2D eigenvalue weighted by molar-refractivity contribution is 6.38. The van der Waals surface area contributed by atoms with Crippen molar-refractivity contribution < 1.29 is 5.11 Å². The Kier molecular flexibility index (Phi) is 1.78. The van der Waals surface area contributed by atoms with Gasteiger partial charge in [-0.2, -0.15) is 0 Å². The quantitative estimate of drug-likeness (QED) is 0.632. The zero-order chi connectivity index (χ0) is 9.42. The summed E-state index contributed by atoms with van der Waals surface area (Å²) < 4.78 is 0. The summed E-state index contributed by atoms with van der Waals surface area (Å²) in [6.45, 7) is 0. The summed E-state index contributed by atoms with van der Waals surface area (Å²) >= 11 is 5.97. The van der Waals surface area contributed by atoms with Gasteiger partial charge in [0, 0.05) is 5.39 Å². The molecule has 0 radical (unpaired) electrons. The Hall–Kier alpha value is -1.41. The lowest BCUT2D eigenvalue weighted by atomic mass is 10.1. The minimum absolute atomic E-state index is 0.230. The first-order chi connectivity index (χ1) is 6.18. The normalized spacial score (nSPS) is 10.5. The maximum absolute atomic E-state index is 9.22. The van der Waals surface area contributed by atoms with Crippen molar-refractivity contribution in [1.29, 1.82) is 0 Å². The summed E-state index contributed by atoms with van der Waals surface area (Å²) in [5.41, 5.74) is 6.18. The second kappa shape index (κ2) is 2.82. The van der Waals surface area contributed by atoms with Crippen molar-refractivity contribution in [3.05, 3.63) is 35.4 Å². The number of anilines is 1. The third-order valence-electron chi connectivity index (χ3n) is 1.97. The van der Waals surface area contributed by atoms with Gasteiger partial charge >= 0.3 is 0 Å². The molecule has 0 amide bonds. The van der Waals surface area contributed by atoms with Gasteiger partial charge in [0.2, 0.25) is 0 Å². The molecule has 2 aromatic carbocycles. The molecule has 2 rings (SSSR count). The third-order valence-corrected chi connectivity index (χ3v) is 2.39. The van der Waals surface area contributed by atoms with Crippen molar-refractivity contribution in [1.82, 2.24) is 0 Å². The molecule has 0 unspecified atom stereocenters. The van der Waals surface area contributed by atoms with Crippen LogP contribution in [0.25, 0.3) is 10.8 Å². The standard InChI is InChI=1S/C10H8ClNO/c11-10-8-3-2-7(13)5-6(8)1-4-9(10)12/h1-5,13H,12H2. The summed E-state index contributed by atoms with van der Waals surface area (Å²) in [7, 11) is 0. The Bertz CT molecular complexity index is 468. The van der Waals surface area contributed by atoms with Gasteiger partial charge in [0.05, 0.1) is 10.7 Å². The molecule has 2 aromatic rings. The molecule has 0 fully saturated rings. The van der Waals surface area contributed by atoms with Crippen LogP contribution in [0.5, 0.6) is 5.75 Å². The Morgan fingerprint density at radius 2 is 1.92 bits per heavy atom. The zero-order valence-corrected chi connectivity index (χ0v) is 7.55. The van der Waals surface area contributed by atoms with Crippen molar-refractivity contribution in [2.75, 3.05) is 5.73 Å². The molecule has 3 heteroatoms. The molecule has 0 aromatic heterocycles. The lowest BCUT2D eigenvalue weighted by Gasteiger charge is -2.03. The van der Waals surface area contributed by atoms with E-state index >= 15 is 0 Å². The molecule has 0 heterocycles. The van der Waals surface area contributed by atoms with Crippen molar-refractivity contribution in [3.8, 4) is 5.75 Å². The lowest BCUT2D eigenvalue weighted by molar-refractivity contribution is 0.476. The second-order valence-corrected chi connectivity index (χ2v) is 3.25. The first kappa shape index (κ1) is 8.20. The number of hydrogen-bond donors (Lipinski definition) is 2. The molecule has 0 aliphatic rings. The third kappa shape index (κ3) is 1.29. The van der Waals surface area contributed by atoms with Gasteiger partial charge in [0.15, 0.2) is 0 Å². The fraction of sp³-hybridized carbons (Fsp3) is 0. The highest BCUT2D eigenvalue weighted by Gasteiger charge is 2.02. The number of benzene rings is 2. The Morgan fingerprint density at radius 3 is 2.69 bits per heavy atom.